The number of carbonyl (C=O) groups is 3. The molecule has 168 valence electrons. The lowest BCUT2D eigenvalue weighted by Gasteiger charge is -2.36. The topological polar surface area (TPSA) is 87.7 Å². The molecule has 1 aliphatic heterocycles. The Morgan fingerprint density at radius 2 is 1.78 bits per heavy atom. The number of benzene rings is 2. The van der Waals surface area contributed by atoms with Gasteiger partial charge in [0.05, 0.1) is 13.0 Å². The van der Waals surface area contributed by atoms with Crippen LogP contribution in [0.5, 0.6) is 0 Å². The molecule has 0 saturated carbocycles. The van der Waals surface area contributed by atoms with Crippen LogP contribution in [0.15, 0.2) is 54.6 Å². The molecular formula is C24H27N3O4S. The van der Waals surface area contributed by atoms with Crippen LogP contribution in [0, 0.1) is 5.92 Å². The van der Waals surface area contributed by atoms with Crippen LogP contribution < -0.4 is 10.6 Å². The van der Waals surface area contributed by atoms with Crippen LogP contribution in [0.3, 0.4) is 0 Å². The summed E-state index contributed by atoms with van der Waals surface area (Å²) < 4.78 is 5.20. The van der Waals surface area contributed by atoms with Crippen LogP contribution in [-0.2, 0) is 14.3 Å². The molecule has 0 radical (unpaired) electrons. The van der Waals surface area contributed by atoms with E-state index in [1.54, 1.807) is 17.0 Å². The Morgan fingerprint density at radius 3 is 2.44 bits per heavy atom. The van der Waals surface area contributed by atoms with E-state index in [2.05, 4.69) is 10.6 Å². The van der Waals surface area contributed by atoms with Crippen LogP contribution in [0.2, 0.25) is 0 Å². The molecule has 1 fully saturated rings. The fraction of sp³-hybridized carbons (Fsp3) is 0.333. The molecule has 1 aliphatic rings. The third-order valence-electron chi connectivity index (χ3n) is 5.00. The van der Waals surface area contributed by atoms with Crippen molar-refractivity contribution in [1.82, 2.24) is 15.5 Å². The molecule has 0 aliphatic carbocycles. The van der Waals surface area contributed by atoms with Crippen molar-refractivity contribution in [3.05, 3.63) is 60.2 Å². The van der Waals surface area contributed by atoms with E-state index in [1.807, 2.05) is 56.3 Å². The molecule has 1 heterocycles. The van der Waals surface area contributed by atoms with Gasteiger partial charge in [-0.1, -0.05) is 56.3 Å². The van der Waals surface area contributed by atoms with Crippen molar-refractivity contribution in [2.75, 3.05) is 19.7 Å². The van der Waals surface area contributed by atoms with Gasteiger partial charge in [-0.15, -0.1) is 0 Å². The summed E-state index contributed by atoms with van der Waals surface area (Å²) in [6.45, 7) is 4.92. The van der Waals surface area contributed by atoms with Gasteiger partial charge in [0.2, 0.25) is 5.91 Å². The minimum absolute atomic E-state index is 0.110. The molecule has 32 heavy (non-hydrogen) atoms. The van der Waals surface area contributed by atoms with Gasteiger partial charge < -0.3 is 15.0 Å². The summed E-state index contributed by atoms with van der Waals surface area (Å²) in [4.78, 5) is 38.8. The van der Waals surface area contributed by atoms with E-state index in [4.69, 9.17) is 17.0 Å². The van der Waals surface area contributed by atoms with E-state index in [1.165, 1.54) is 0 Å². The Bertz CT molecular complexity index is 976. The molecule has 1 saturated heterocycles. The number of hydrogen-bond donors (Lipinski definition) is 2. The first-order valence-electron chi connectivity index (χ1n) is 10.6. The van der Waals surface area contributed by atoms with Crippen LogP contribution in [0.4, 0.5) is 0 Å². The summed E-state index contributed by atoms with van der Waals surface area (Å²) in [6.07, 6.45) is -0.139. The minimum Gasteiger partial charge on any atom is -0.465 e. The van der Waals surface area contributed by atoms with Gasteiger partial charge in [-0.25, -0.2) is 0 Å². The number of rotatable bonds is 6. The van der Waals surface area contributed by atoms with Gasteiger partial charge in [-0.3, -0.25) is 19.7 Å². The van der Waals surface area contributed by atoms with Gasteiger partial charge in [-0.05, 0) is 41.4 Å². The predicted molar refractivity (Wildman–Crippen MR) is 126 cm³/mol. The number of thiocarbonyl (C=S) groups is 1. The van der Waals surface area contributed by atoms with E-state index < -0.39 is 12.0 Å². The zero-order valence-corrected chi connectivity index (χ0v) is 19.0. The van der Waals surface area contributed by atoms with E-state index in [-0.39, 0.29) is 35.9 Å². The highest BCUT2D eigenvalue weighted by atomic mass is 32.1. The van der Waals surface area contributed by atoms with Crippen LogP contribution in [0.25, 0.3) is 11.1 Å². The number of nitrogens with one attached hydrogen (secondary N) is 2. The van der Waals surface area contributed by atoms with E-state index in [0.29, 0.717) is 18.7 Å². The smallest absolute Gasteiger partial charge is 0.308 e. The zero-order chi connectivity index (χ0) is 23.1. The van der Waals surface area contributed by atoms with Gasteiger partial charge >= 0.3 is 5.97 Å². The Kier molecular flexibility index (Phi) is 7.94. The Hall–Kier alpha value is -3.26. The maximum absolute atomic E-state index is 12.7. The van der Waals surface area contributed by atoms with E-state index in [0.717, 1.165) is 11.1 Å². The maximum Gasteiger partial charge on any atom is 0.308 e. The van der Waals surface area contributed by atoms with Crippen molar-refractivity contribution in [1.29, 1.82) is 0 Å². The molecule has 1 atom stereocenters. The molecule has 0 bridgehead atoms. The third kappa shape index (κ3) is 6.13. The molecule has 3 rings (SSSR count). The minimum atomic E-state index is -0.823. The second kappa shape index (κ2) is 10.9. The van der Waals surface area contributed by atoms with Gasteiger partial charge in [0.25, 0.3) is 5.91 Å². The molecule has 2 aromatic carbocycles. The van der Waals surface area contributed by atoms with Gasteiger partial charge in [0.15, 0.2) is 5.11 Å². The molecule has 7 nitrogen and oxygen atoms in total. The fourth-order valence-electron chi connectivity index (χ4n) is 3.32. The van der Waals surface area contributed by atoms with E-state index in [9.17, 15) is 14.4 Å². The monoisotopic (exact) mass is 453 g/mol. The summed E-state index contributed by atoms with van der Waals surface area (Å²) >= 11 is 5.40. The van der Waals surface area contributed by atoms with Crippen molar-refractivity contribution in [3.8, 4) is 11.1 Å². The fourth-order valence-corrected chi connectivity index (χ4v) is 3.63. The average Bonchev–Trinajstić information content (AvgIpc) is 2.79. The van der Waals surface area contributed by atoms with Crippen LogP contribution >= 0.6 is 12.2 Å². The number of hydrogen-bond acceptors (Lipinski definition) is 5. The molecule has 0 spiro atoms. The summed E-state index contributed by atoms with van der Waals surface area (Å²) in [5.41, 5.74) is 2.50. The second-order valence-electron chi connectivity index (χ2n) is 7.98. The Balaban J connectivity index is 1.64. The molecule has 2 amide bonds. The summed E-state index contributed by atoms with van der Waals surface area (Å²) in [5.74, 6) is -0.969. The third-order valence-corrected chi connectivity index (χ3v) is 5.34. The average molecular weight is 454 g/mol. The molecule has 8 heteroatoms. The van der Waals surface area contributed by atoms with Crippen molar-refractivity contribution in [3.63, 3.8) is 0 Å². The molecule has 0 aromatic heterocycles. The number of piperazine rings is 1. The van der Waals surface area contributed by atoms with Gasteiger partial charge in [-0.2, -0.15) is 0 Å². The highest BCUT2D eigenvalue weighted by Gasteiger charge is 2.34. The number of amides is 2. The number of esters is 1. The zero-order valence-electron chi connectivity index (χ0n) is 18.2. The van der Waals surface area contributed by atoms with E-state index >= 15 is 0 Å². The SMILES string of the molecule is CC(C)COC(=O)CC1C(=O)NCCN1C(=S)NC(=O)c1ccc(-c2ccccc2)cc1. The van der Waals surface area contributed by atoms with Gasteiger partial charge in [0, 0.05) is 18.7 Å². The maximum atomic E-state index is 12.7. The molecular weight excluding hydrogens is 426 g/mol. The number of ether oxygens (including phenoxy) is 1. The molecule has 1 unspecified atom stereocenters. The van der Waals surface area contributed by atoms with Crippen molar-refractivity contribution in [2.24, 2.45) is 5.92 Å². The molecule has 2 N–H and O–H groups in total. The number of carbonyl (C=O) groups excluding carboxylic acids is 3. The lowest BCUT2D eigenvalue weighted by molar-refractivity contribution is -0.148. The van der Waals surface area contributed by atoms with Crippen LogP contribution in [-0.4, -0.2) is 53.5 Å². The lowest BCUT2D eigenvalue weighted by Crippen LogP contribution is -2.60. The largest absolute Gasteiger partial charge is 0.465 e. The highest BCUT2D eigenvalue weighted by Crippen LogP contribution is 2.19. The first-order valence-corrected chi connectivity index (χ1v) is 11.0. The summed E-state index contributed by atoms with van der Waals surface area (Å²) in [6, 6.07) is 16.2. The van der Waals surface area contributed by atoms with Gasteiger partial charge in [0.1, 0.15) is 6.04 Å². The quantitative estimate of drug-likeness (QED) is 0.517. The lowest BCUT2D eigenvalue weighted by atomic mass is 10.0. The van der Waals surface area contributed by atoms with Crippen molar-refractivity contribution >= 4 is 35.1 Å². The first kappa shape index (κ1) is 23.4. The van der Waals surface area contributed by atoms with Crippen molar-refractivity contribution in [2.45, 2.75) is 26.3 Å². The Morgan fingerprint density at radius 1 is 1.12 bits per heavy atom. The summed E-state index contributed by atoms with van der Waals surface area (Å²) in [7, 11) is 0. The standard InChI is InChI=1S/C24H27N3O4S/c1-16(2)15-31-21(28)14-20-23(30)25-12-13-27(20)24(32)26-22(29)19-10-8-18(9-11-19)17-6-4-3-5-7-17/h3-11,16,20H,12-15H2,1-2H3,(H,25,30)(H,26,29,32). The second-order valence-corrected chi connectivity index (χ2v) is 8.37. The first-order chi connectivity index (χ1) is 15.3. The van der Waals surface area contributed by atoms with Crippen molar-refractivity contribution < 1.29 is 19.1 Å². The number of nitrogens with zero attached hydrogens (tertiary/aromatic N) is 1. The normalized spacial score (nSPS) is 15.8. The predicted octanol–water partition coefficient (Wildman–Crippen LogP) is 2.76. The Labute approximate surface area is 193 Å². The molecule has 2 aromatic rings. The highest BCUT2D eigenvalue weighted by molar-refractivity contribution is 7.80. The van der Waals surface area contributed by atoms with Crippen LogP contribution in [0.1, 0.15) is 30.6 Å². The summed E-state index contributed by atoms with van der Waals surface area (Å²) in [5, 5.41) is 5.53.